The molecule has 0 atom stereocenters. The fourth-order valence-corrected chi connectivity index (χ4v) is 2.24. The quantitative estimate of drug-likeness (QED) is 0.724. The van der Waals surface area contributed by atoms with Crippen LogP contribution in [-0.4, -0.2) is 37.1 Å². The van der Waals surface area contributed by atoms with Gasteiger partial charge >= 0.3 is 0 Å². The molecule has 0 saturated carbocycles. The number of pyridine rings is 1. The van der Waals surface area contributed by atoms with Crippen LogP contribution in [0, 0.1) is 0 Å². The first-order valence-electron chi connectivity index (χ1n) is 8.26. The molecule has 25 heavy (non-hydrogen) atoms. The van der Waals surface area contributed by atoms with Crippen LogP contribution in [0.4, 0.5) is 5.69 Å². The summed E-state index contributed by atoms with van der Waals surface area (Å²) in [7, 11) is 1.61. The minimum Gasteiger partial charge on any atom is -0.385 e. The van der Waals surface area contributed by atoms with Crippen LogP contribution in [-0.2, 0) is 11.2 Å². The van der Waals surface area contributed by atoms with Gasteiger partial charge in [-0.25, -0.2) is 0 Å². The van der Waals surface area contributed by atoms with E-state index in [1.807, 2.05) is 24.3 Å². The number of methoxy groups -OCH3 is 1. The fourth-order valence-electron chi connectivity index (χ4n) is 2.24. The van der Waals surface area contributed by atoms with Crippen LogP contribution in [0.5, 0.6) is 0 Å². The van der Waals surface area contributed by atoms with E-state index in [2.05, 4.69) is 22.5 Å². The molecule has 0 aliphatic carbocycles. The topological polar surface area (TPSA) is 80.3 Å². The number of amides is 2. The van der Waals surface area contributed by atoms with Gasteiger partial charge in [-0.05, 0) is 36.6 Å². The van der Waals surface area contributed by atoms with Gasteiger partial charge in [-0.3, -0.25) is 14.6 Å². The second kappa shape index (κ2) is 9.54. The standard InChI is InChI=1S/C19H23N3O3/c1-3-14-5-7-17(8-6-14)22-19(24)16-11-15(12-20-13-16)18(23)21-9-4-10-25-2/h5-8,11-13H,3-4,9-10H2,1-2H3,(H,21,23)(H,22,24). The number of nitrogens with zero attached hydrogens (tertiary/aromatic N) is 1. The van der Waals surface area contributed by atoms with Crippen LogP contribution < -0.4 is 10.6 Å². The number of aryl methyl sites for hydroxylation is 1. The van der Waals surface area contributed by atoms with Gasteiger partial charge in [-0.1, -0.05) is 19.1 Å². The molecule has 0 saturated heterocycles. The van der Waals surface area contributed by atoms with Crippen molar-refractivity contribution in [3.63, 3.8) is 0 Å². The Morgan fingerprint density at radius 3 is 2.40 bits per heavy atom. The molecule has 0 fully saturated rings. The first kappa shape index (κ1) is 18.6. The lowest BCUT2D eigenvalue weighted by Gasteiger charge is -2.08. The SMILES string of the molecule is CCc1ccc(NC(=O)c2cncc(C(=O)NCCCOC)c2)cc1. The van der Waals surface area contributed by atoms with Gasteiger partial charge < -0.3 is 15.4 Å². The van der Waals surface area contributed by atoms with E-state index in [0.717, 1.165) is 12.8 Å². The maximum absolute atomic E-state index is 12.3. The number of hydrogen-bond donors (Lipinski definition) is 2. The van der Waals surface area contributed by atoms with Crippen LogP contribution in [0.2, 0.25) is 0 Å². The van der Waals surface area contributed by atoms with E-state index < -0.39 is 0 Å². The van der Waals surface area contributed by atoms with Crippen molar-refractivity contribution in [3.05, 3.63) is 59.4 Å². The molecule has 0 bridgehead atoms. The maximum Gasteiger partial charge on any atom is 0.257 e. The van der Waals surface area contributed by atoms with Crippen molar-refractivity contribution in [1.29, 1.82) is 0 Å². The first-order valence-corrected chi connectivity index (χ1v) is 8.26. The van der Waals surface area contributed by atoms with Crippen LogP contribution in [0.3, 0.4) is 0 Å². The first-order chi connectivity index (χ1) is 12.1. The molecule has 132 valence electrons. The van der Waals surface area contributed by atoms with E-state index >= 15 is 0 Å². The molecular formula is C19H23N3O3. The summed E-state index contributed by atoms with van der Waals surface area (Å²) in [5, 5.41) is 5.58. The van der Waals surface area contributed by atoms with Crippen molar-refractivity contribution in [2.24, 2.45) is 0 Å². The predicted octanol–water partition coefficient (Wildman–Crippen LogP) is 2.66. The van der Waals surface area contributed by atoms with Crippen molar-refractivity contribution in [2.45, 2.75) is 19.8 Å². The molecule has 1 heterocycles. The number of nitrogens with one attached hydrogen (secondary N) is 2. The summed E-state index contributed by atoms with van der Waals surface area (Å²) in [6.07, 6.45) is 4.55. The Bertz CT molecular complexity index is 714. The number of benzene rings is 1. The zero-order valence-electron chi connectivity index (χ0n) is 14.5. The highest BCUT2D eigenvalue weighted by atomic mass is 16.5. The van der Waals surface area contributed by atoms with Gasteiger partial charge in [0.1, 0.15) is 0 Å². The Kier molecular flexibility index (Phi) is 7.10. The van der Waals surface area contributed by atoms with Crippen molar-refractivity contribution in [2.75, 3.05) is 25.6 Å². The summed E-state index contributed by atoms with van der Waals surface area (Å²) in [6, 6.07) is 9.19. The molecular weight excluding hydrogens is 318 g/mol. The lowest BCUT2D eigenvalue weighted by molar-refractivity contribution is 0.0948. The number of anilines is 1. The van der Waals surface area contributed by atoms with E-state index in [9.17, 15) is 9.59 Å². The second-order valence-corrected chi connectivity index (χ2v) is 5.57. The maximum atomic E-state index is 12.3. The van der Waals surface area contributed by atoms with Gasteiger partial charge in [0.2, 0.25) is 0 Å². The minimum atomic E-state index is -0.300. The molecule has 1 aromatic heterocycles. The zero-order valence-corrected chi connectivity index (χ0v) is 14.5. The number of aromatic nitrogens is 1. The van der Waals surface area contributed by atoms with Crippen molar-refractivity contribution in [3.8, 4) is 0 Å². The van der Waals surface area contributed by atoms with E-state index in [0.29, 0.717) is 30.0 Å². The summed E-state index contributed by atoms with van der Waals surface area (Å²) >= 11 is 0. The summed E-state index contributed by atoms with van der Waals surface area (Å²) in [5.74, 6) is -0.559. The molecule has 0 spiro atoms. The zero-order chi connectivity index (χ0) is 18.1. The number of carbonyl (C=O) groups is 2. The Labute approximate surface area is 147 Å². The van der Waals surface area contributed by atoms with Crippen molar-refractivity contribution < 1.29 is 14.3 Å². The third kappa shape index (κ3) is 5.69. The molecule has 0 unspecified atom stereocenters. The molecule has 2 amide bonds. The lowest BCUT2D eigenvalue weighted by Crippen LogP contribution is -2.25. The van der Waals surface area contributed by atoms with Crippen LogP contribution >= 0.6 is 0 Å². The molecule has 0 aliphatic rings. The molecule has 2 aromatic rings. The Morgan fingerprint density at radius 1 is 1.08 bits per heavy atom. The Balaban J connectivity index is 1.99. The fraction of sp³-hybridized carbons (Fsp3) is 0.316. The van der Waals surface area contributed by atoms with Gasteiger partial charge in [-0.2, -0.15) is 0 Å². The van der Waals surface area contributed by atoms with Crippen molar-refractivity contribution >= 4 is 17.5 Å². The third-order valence-electron chi connectivity index (χ3n) is 3.69. The van der Waals surface area contributed by atoms with Gasteiger partial charge in [0.25, 0.3) is 11.8 Å². The molecule has 0 radical (unpaired) electrons. The van der Waals surface area contributed by atoms with E-state index in [4.69, 9.17) is 4.74 Å². The number of hydrogen-bond acceptors (Lipinski definition) is 4. The predicted molar refractivity (Wildman–Crippen MR) is 96.8 cm³/mol. The minimum absolute atomic E-state index is 0.259. The highest BCUT2D eigenvalue weighted by molar-refractivity contribution is 6.05. The average molecular weight is 341 g/mol. The van der Waals surface area contributed by atoms with E-state index in [1.165, 1.54) is 24.0 Å². The summed E-state index contributed by atoms with van der Waals surface area (Å²) < 4.78 is 4.93. The molecule has 1 aromatic carbocycles. The molecule has 0 aliphatic heterocycles. The number of ether oxygens (including phenoxy) is 1. The molecule has 6 nitrogen and oxygen atoms in total. The number of rotatable bonds is 8. The van der Waals surface area contributed by atoms with E-state index in [1.54, 1.807) is 7.11 Å². The monoisotopic (exact) mass is 341 g/mol. The van der Waals surface area contributed by atoms with Gasteiger partial charge in [-0.15, -0.1) is 0 Å². The van der Waals surface area contributed by atoms with Crippen molar-refractivity contribution in [1.82, 2.24) is 10.3 Å². The molecule has 2 rings (SSSR count). The van der Waals surface area contributed by atoms with Crippen LogP contribution in [0.25, 0.3) is 0 Å². The lowest BCUT2D eigenvalue weighted by atomic mass is 10.1. The van der Waals surface area contributed by atoms with Gasteiger partial charge in [0.05, 0.1) is 11.1 Å². The molecule has 2 N–H and O–H groups in total. The van der Waals surface area contributed by atoms with Gasteiger partial charge in [0.15, 0.2) is 0 Å². The highest BCUT2D eigenvalue weighted by Crippen LogP contribution is 2.12. The summed E-state index contributed by atoms with van der Waals surface area (Å²) in [4.78, 5) is 28.4. The Hall–Kier alpha value is -2.73. The van der Waals surface area contributed by atoms with E-state index in [-0.39, 0.29) is 11.8 Å². The molecule has 6 heteroatoms. The van der Waals surface area contributed by atoms with Gasteiger partial charge in [0, 0.05) is 38.3 Å². The normalized spacial score (nSPS) is 10.3. The number of carbonyl (C=O) groups excluding carboxylic acids is 2. The average Bonchev–Trinajstić information content (AvgIpc) is 2.65. The van der Waals surface area contributed by atoms with Crippen LogP contribution in [0.15, 0.2) is 42.7 Å². The highest BCUT2D eigenvalue weighted by Gasteiger charge is 2.11. The largest absolute Gasteiger partial charge is 0.385 e. The Morgan fingerprint density at radius 2 is 1.76 bits per heavy atom. The van der Waals surface area contributed by atoms with Crippen LogP contribution in [0.1, 0.15) is 39.6 Å². The third-order valence-corrected chi connectivity index (χ3v) is 3.69. The smallest absolute Gasteiger partial charge is 0.257 e. The summed E-state index contributed by atoms with van der Waals surface area (Å²) in [5.41, 5.74) is 2.60. The summed E-state index contributed by atoms with van der Waals surface area (Å²) in [6.45, 7) is 3.16. The second-order valence-electron chi connectivity index (χ2n) is 5.57.